The van der Waals surface area contributed by atoms with Crippen molar-refractivity contribution in [2.75, 3.05) is 26.3 Å². The lowest BCUT2D eigenvalue weighted by molar-refractivity contribution is -0.135. The van der Waals surface area contributed by atoms with E-state index in [-0.39, 0.29) is 17.6 Å². The fourth-order valence-corrected chi connectivity index (χ4v) is 8.48. The van der Waals surface area contributed by atoms with Crippen LogP contribution in [-0.4, -0.2) is 59.7 Å². The zero-order valence-electron chi connectivity index (χ0n) is 17.3. The number of ether oxygens (including phenoxy) is 1. The van der Waals surface area contributed by atoms with E-state index >= 15 is 0 Å². The lowest BCUT2D eigenvalue weighted by Gasteiger charge is -2.60. The molecule has 1 saturated heterocycles. The maximum absolute atomic E-state index is 11.4. The van der Waals surface area contributed by atoms with Crippen LogP contribution in [0.3, 0.4) is 0 Å². The SMILES string of the molecule is C[C@]12CC[C@H](O)C[C@@H]1CC[C@@H]1[C@@H]2CC[C@]2(C)[C@@H](O)[C@@H](N3CCOCC3)C[C@@H]12. The summed E-state index contributed by atoms with van der Waals surface area (Å²) in [7, 11) is 0. The minimum Gasteiger partial charge on any atom is -0.393 e. The van der Waals surface area contributed by atoms with Crippen molar-refractivity contribution in [3.63, 3.8) is 0 Å². The van der Waals surface area contributed by atoms with E-state index in [1.54, 1.807) is 0 Å². The summed E-state index contributed by atoms with van der Waals surface area (Å²) in [5.74, 6) is 2.97. The van der Waals surface area contributed by atoms with E-state index in [4.69, 9.17) is 4.74 Å². The Labute approximate surface area is 164 Å². The van der Waals surface area contributed by atoms with Crippen LogP contribution in [0.25, 0.3) is 0 Å². The molecule has 9 atom stereocenters. The van der Waals surface area contributed by atoms with Crippen molar-refractivity contribution in [3.05, 3.63) is 0 Å². The van der Waals surface area contributed by atoms with E-state index in [1.165, 1.54) is 38.5 Å². The second-order valence-electron chi connectivity index (χ2n) is 11.0. The number of nitrogens with zero attached hydrogens (tertiary/aromatic N) is 1. The highest BCUT2D eigenvalue weighted by Crippen LogP contribution is 2.66. The number of morpholine rings is 1. The molecular formula is C23H39NO3. The number of rotatable bonds is 1. The molecule has 0 aromatic carbocycles. The number of hydrogen-bond acceptors (Lipinski definition) is 4. The van der Waals surface area contributed by atoms with Gasteiger partial charge in [-0.05, 0) is 85.9 Å². The molecule has 0 radical (unpaired) electrons. The van der Waals surface area contributed by atoms with Crippen LogP contribution in [0.15, 0.2) is 0 Å². The van der Waals surface area contributed by atoms with Gasteiger partial charge in [-0.25, -0.2) is 0 Å². The zero-order valence-corrected chi connectivity index (χ0v) is 17.3. The molecule has 4 heteroatoms. The van der Waals surface area contributed by atoms with Gasteiger partial charge in [0.05, 0.1) is 25.4 Å². The second-order valence-corrected chi connectivity index (χ2v) is 11.0. The van der Waals surface area contributed by atoms with Gasteiger partial charge >= 0.3 is 0 Å². The summed E-state index contributed by atoms with van der Waals surface area (Å²) < 4.78 is 5.56. The Morgan fingerprint density at radius 1 is 0.852 bits per heavy atom. The number of aliphatic hydroxyl groups excluding tert-OH is 2. The van der Waals surface area contributed by atoms with Crippen molar-refractivity contribution in [3.8, 4) is 0 Å². The van der Waals surface area contributed by atoms with Gasteiger partial charge in [-0.15, -0.1) is 0 Å². The standard InChI is InChI=1S/C23H39NO3/c1-22-7-5-16(25)13-15(22)3-4-17-18(22)6-8-23(2)19(17)14-20(21(23)26)24-9-11-27-12-10-24/h15-21,25-26H,3-14H2,1-2H3/t15-,16-,17+,18-,19-,20-,21-,22-,23-/m0/s1. The van der Waals surface area contributed by atoms with Crippen molar-refractivity contribution < 1.29 is 14.9 Å². The Kier molecular flexibility index (Phi) is 4.66. The molecule has 0 amide bonds. The Hall–Kier alpha value is -0.160. The Morgan fingerprint density at radius 3 is 2.37 bits per heavy atom. The average molecular weight is 378 g/mol. The monoisotopic (exact) mass is 377 g/mol. The normalized spacial score (nSPS) is 56.2. The van der Waals surface area contributed by atoms with Gasteiger partial charge in [-0.1, -0.05) is 13.8 Å². The number of aliphatic hydroxyl groups is 2. The van der Waals surface area contributed by atoms with Gasteiger partial charge in [0.15, 0.2) is 0 Å². The molecule has 2 N–H and O–H groups in total. The van der Waals surface area contributed by atoms with Crippen LogP contribution in [0.2, 0.25) is 0 Å². The predicted molar refractivity (Wildman–Crippen MR) is 105 cm³/mol. The van der Waals surface area contributed by atoms with Crippen LogP contribution in [-0.2, 0) is 4.74 Å². The smallest absolute Gasteiger partial charge is 0.0751 e. The van der Waals surface area contributed by atoms with E-state index in [0.29, 0.717) is 23.3 Å². The van der Waals surface area contributed by atoms with Gasteiger partial charge in [-0.3, -0.25) is 4.90 Å². The first kappa shape index (κ1) is 18.8. The Bertz CT molecular complexity index is 564. The first-order chi connectivity index (χ1) is 12.9. The van der Waals surface area contributed by atoms with Crippen LogP contribution in [0.1, 0.15) is 65.2 Å². The fourth-order valence-electron chi connectivity index (χ4n) is 8.48. The van der Waals surface area contributed by atoms with E-state index in [2.05, 4.69) is 18.7 Å². The molecule has 5 aliphatic rings. The summed E-state index contributed by atoms with van der Waals surface area (Å²) in [5.41, 5.74) is 0.521. The summed E-state index contributed by atoms with van der Waals surface area (Å²) >= 11 is 0. The molecule has 0 unspecified atom stereocenters. The maximum atomic E-state index is 11.4. The van der Waals surface area contributed by atoms with Crippen LogP contribution >= 0.6 is 0 Å². The third-order valence-corrected chi connectivity index (χ3v) is 10.1. The fraction of sp³-hybridized carbons (Fsp3) is 1.00. The zero-order chi connectivity index (χ0) is 18.8. The third kappa shape index (κ3) is 2.77. The summed E-state index contributed by atoms with van der Waals surface area (Å²) in [6.07, 6.45) is 9.26. The minimum absolute atomic E-state index is 0.0625. The molecule has 0 spiro atoms. The minimum atomic E-state index is -0.180. The second kappa shape index (κ2) is 6.68. The van der Waals surface area contributed by atoms with E-state index in [0.717, 1.165) is 51.0 Å². The van der Waals surface area contributed by atoms with E-state index in [9.17, 15) is 10.2 Å². The highest BCUT2D eigenvalue weighted by molar-refractivity contribution is 5.13. The average Bonchev–Trinajstić information content (AvgIpc) is 2.94. The lowest BCUT2D eigenvalue weighted by Crippen LogP contribution is -2.55. The molecule has 5 rings (SSSR count). The lowest BCUT2D eigenvalue weighted by atomic mass is 9.45. The van der Waals surface area contributed by atoms with Crippen molar-refractivity contribution in [1.29, 1.82) is 0 Å². The molecule has 4 aliphatic carbocycles. The summed E-state index contributed by atoms with van der Waals surface area (Å²) in [6, 6.07) is 0.335. The van der Waals surface area contributed by atoms with Crippen molar-refractivity contribution in [2.45, 2.75) is 83.5 Å². The van der Waals surface area contributed by atoms with E-state index < -0.39 is 0 Å². The maximum Gasteiger partial charge on any atom is 0.0751 e. The molecule has 4 saturated carbocycles. The van der Waals surface area contributed by atoms with Crippen LogP contribution in [0, 0.1) is 34.5 Å². The summed E-state index contributed by atoms with van der Waals surface area (Å²) in [4.78, 5) is 2.52. The van der Waals surface area contributed by atoms with Gasteiger partial charge in [0.1, 0.15) is 0 Å². The van der Waals surface area contributed by atoms with Crippen LogP contribution in [0.4, 0.5) is 0 Å². The van der Waals surface area contributed by atoms with Crippen molar-refractivity contribution >= 4 is 0 Å². The highest BCUT2D eigenvalue weighted by Gasteiger charge is 2.62. The van der Waals surface area contributed by atoms with Crippen molar-refractivity contribution in [2.24, 2.45) is 34.5 Å². The van der Waals surface area contributed by atoms with E-state index in [1.807, 2.05) is 0 Å². The molecular weight excluding hydrogens is 338 g/mol. The van der Waals surface area contributed by atoms with Crippen LogP contribution in [0.5, 0.6) is 0 Å². The molecule has 0 bridgehead atoms. The molecule has 0 aromatic rings. The molecule has 0 aromatic heterocycles. The first-order valence-corrected chi connectivity index (χ1v) is 11.6. The van der Waals surface area contributed by atoms with Gasteiger partial charge in [0.2, 0.25) is 0 Å². The molecule has 1 heterocycles. The summed E-state index contributed by atoms with van der Waals surface area (Å²) in [6.45, 7) is 8.55. The van der Waals surface area contributed by atoms with Crippen LogP contribution < -0.4 is 0 Å². The number of hydrogen-bond donors (Lipinski definition) is 2. The predicted octanol–water partition coefficient (Wildman–Crippen LogP) is 3.06. The van der Waals surface area contributed by atoms with Gasteiger partial charge in [0, 0.05) is 19.1 Å². The number of fused-ring (bicyclic) bond motifs is 5. The third-order valence-electron chi connectivity index (χ3n) is 10.1. The summed E-state index contributed by atoms with van der Waals surface area (Å²) in [5, 5.41) is 21.6. The first-order valence-electron chi connectivity index (χ1n) is 11.6. The molecule has 154 valence electrons. The van der Waals surface area contributed by atoms with Gasteiger partial charge < -0.3 is 14.9 Å². The Morgan fingerprint density at radius 2 is 1.59 bits per heavy atom. The quantitative estimate of drug-likeness (QED) is 0.737. The molecule has 1 aliphatic heterocycles. The molecule has 5 fully saturated rings. The highest BCUT2D eigenvalue weighted by atomic mass is 16.5. The largest absolute Gasteiger partial charge is 0.393 e. The van der Waals surface area contributed by atoms with Crippen molar-refractivity contribution in [1.82, 2.24) is 4.90 Å². The van der Waals surface area contributed by atoms with Gasteiger partial charge in [0.25, 0.3) is 0 Å². The topological polar surface area (TPSA) is 52.9 Å². The van der Waals surface area contributed by atoms with Gasteiger partial charge in [-0.2, -0.15) is 0 Å². The molecule has 4 nitrogen and oxygen atoms in total. The molecule has 27 heavy (non-hydrogen) atoms. The Balaban J connectivity index is 1.39.